The number of anilines is 2. The average molecular weight is 349 g/mol. The van der Waals surface area contributed by atoms with Crippen molar-refractivity contribution in [2.24, 2.45) is 0 Å². The van der Waals surface area contributed by atoms with Crippen molar-refractivity contribution < 1.29 is 9.53 Å². The van der Waals surface area contributed by atoms with Crippen molar-refractivity contribution in [2.75, 3.05) is 24.3 Å². The SMILES string of the molecule is COc1ccccc1CCNc1ccc(NC(=O)c2cccnc2)nn1. The Morgan fingerprint density at radius 1 is 1.04 bits per heavy atom. The highest BCUT2D eigenvalue weighted by atomic mass is 16.5. The van der Waals surface area contributed by atoms with E-state index in [1.165, 1.54) is 6.20 Å². The fourth-order valence-electron chi connectivity index (χ4n) is 2.41. The Bertz CT molecular complexity index is 853. The molecule has 2 aromatic heterocycles. The fourth-order valence-corrected chi connectivity index (χ4v) is 2.41. The Kier molecular flexibility index (Phi) is 5.72. The first-order valence-electron chi connectivity index (χ1n) is 8.17. The first-order chi connectivity index (χ1) is 12.8. The molecule has 0 unspecified atom stereocenters. The van der Waals surface area contributed by atoms with Crippen LogP contribution in [-0.2, 0) is 6.42 Å². The normalized spacial score (nSPS) is 10.2. The van der Waals surface area contributed by atoms with Gasteiger partial charge in [-0.25, -0.2) is 0 Å². The summed E-state index contributed by atoms with van der Waals surface area (Å²) in [6, 6.07) is 14.8. The van der Waals surface area contributed by atoms with Gasteiger partial charge in [-0.15, -0.1) is 10.2 Å². The first-order valence-corrected chi connectivity index (χ1v) is 8.17. The number of ether oxygens (including phenoxy) is 1. The second-order valence-corrected chi connectivity index (χ2v) is 5.49. The van der Waals surface area contributed by atoms with Crippen molar-refractivity contribution in [3.8, 4) is 5.75 Å². The topological polar surface area (TPSA) is 89.0 Å². The quantitative estimate of drug-likeness (QED) is 0.682. The smallest absolute Gasteiger partial charge is 0.258 e. The van der Waals surface area contributed by atoms with Gasteiger partial charge in [0.05, 0.1) is 12.7 Å². The zero-order chi connectivity index (χ0) is 18.2. The molecular formula is C19H19N5O2. The molecule has 7 nitrogen and oxygen atoms in total. The van der Waals surface area contributed by atoms with Crippen LogP contribution >= 0.6 is 0 Å². The molecule has 0 aliphatic carbocycles. The van der Waals surface area contributed by atoms with E-state index in [1.54, 1.807) is 37.6 Å². The maximum Gasteiger partial charge on any atom is 0.258 e. The van der Waals surface area contributed by atoms with Gasteiger partial charge in [-0.1, -0.05) is 18.2 Å². The van der Waals surface area contributed by atoms with E-state index in [1.807, 2.05) is 24.3 Å². The summed E-state index contributed by atoms with van der Waals surface area (Å²) in [7, 11) is 1.66. The predicted molar refractivity (Wildman–Crippen MR) is 99.4 cm³/mol. The Morgan fingerprint density at radius 3 is 2.58 bits per heavy atom. The van der Waals surface area contributed by atoms with E-state index >= 15 is 0 Å². The number of para-hydroxylation sites is 1. The number of amides is 1. The number of methoxy groups -OCH3 is 1. The van der Waals surface area contributed by atoms with Gasteiger partial charge in [0.1, 0.15) is 11.6 Å². The minimum Gasteiger partial charge on any atom is -0.496 e. The summed E-state index contributed by atoms with van der Waals surface area (Å²) in [6.07, 6.45) is 3.91. The van der Waals surface area contributed by atoms with E-state index in [4.69, 9.17) is 4.74 Å². The summed E-state index contributed by atoms with van der Waals surface area (Å²) in [6.45, 7) is 0.691. The van der Waals surface area contributed by atoms with Crippen LogP contribution in [0.25, 0.3) is 0 Å². The second-order valence-electron chi connectivity index (χ2n) is 5.49. The lowest BCUT2D eigenvalue weighted by atomic mass is 10.1. The van der Waals surface area contributed by atoms with Crippen LogP contribution in [-0.4, -0.2) is 34.7 Å². The third-order valence-corrected chi connectivity index (χ3v) is 3.72. The molecule has 0 saturated heterocycles. The van der Waals surface area contributed by atoms with Crippen molar-refractivity contribution in [3.05, 3.63) is 72.1 Å². The van der Waals surface area contributed by atoms with Crippen LogP contribution < -0.4 is 15.4 Å². The molecule has 2 N–H and O–H groups in total. The molecule has 26 heavy (non-hydrogen) atoms. The average Bonchev–Trinajstić information content (AvgIpc) is 2.70. The second kappa shape index (κ2) is 8.57. The minimum absolute atomic E-state index is 0.274. The summed E-state index contributed by atoms with van der Waals surface area (Å²) in [5, 5.41) is 14.0. The third kappa shape index (κ3) is 4.54. The number of rotatable bonds is 7. The van der Waals surface area contributed by atoms with Crippen molar-refractivity contribution in [1.29, 1.82) is 0 Å². The van der Waals surface area contributed by atoms with Crippen LogP contribution in [0.3, 0.4) is 0 Å². The number of hydrogen-bond acceptors (Lipinski definition) is 6. The molecular weight excluding hydrogens is 330 g/mol. The molecule has 3 rings (SSSR count). The van der Waals surface area contributed by atoms with Gasteiger partial charge in [0.25, 0.3) is 5.91 Å². The van der Waals surface area contributed by atoms with Crippen molar-refractivity contribution in [2.45, 2.75) is 6.42 Å². The number of nitrogens with zero attached hydrogens (tertiary/aromatic N) is 3. The number of benzene rings is 1. The zero-order valence-electron chi connectivity index (χ0n) is 14.3. The van der Waals surface area contributed by atoms with E-state index in [2.05, 4.69) is 25.8 Å². The van der Waals surface area contributed by atoms with E-state index in [0.29, 0.717) is 23.7 Å². The maximum atomic E-state index is 12.0. The predicted octanol–water partition coefficient (Wildman–Crippen LogP) is 2.79. The van der Waals surface area contributed by atoms with Crippen LogP contribution in [0.5, 0.6) is 5.75 Å². The molecule has 0 saturated carbocycles. The third-order valence-electron chi connectivity index (χ3n) is 3.72. The lowest BCUT2D eigenvalue weighted by molar-refractivity contribution is 0.102. The molecule has 1 aromatic carbocycles. The monoisotopic (exact) mass is 349 g/mol. The van der Waals surface area contributed by atoms with Gasteiger partial charge in [0, 0.05) is 18.9 Å². The van der Waals surface area contributed by atoms with Crippen LogP contribution in [0.2, 0.25) is 0 Å². The number of aromatic nitrogens is 3. The number of carbonyl (C=O) groups excluding carboxylic acids is 1. The highest BCUT2D eigenvalue weighted by molar-refractivity contribution is 6.03. The van der Waals surface area contributed by atoms with Crippen LogP contribution in [0.1, 0.15) is 15.9 Å². The molecule has 132 valence electrons. The van der Waals surface area contributed by atoms with E-state index in [0.717, 1.165) is 17.7 Å². The fraction of sp³-hybridized carbons (Fsp3) is 0.158. The summed E-state index contributed by atoms with van der Waals surface area (Å²) in [5.41, 5.74) is 1.59. The molecule has 3 aromatic rings. The molecule has 0 bridgehead atoms. The number of hydrogen-bond donors (Lipinski definition) is 2. The number of nitrogens with one attached hydrogen (secondary N) is 2. The molecule has 7 heteroatoms. The van der Waals surface area contributed by atoms with Gasteiger partial charge in [-0.3, -0.25) is 9.78 Å². The summed E-state index contributed by atoms with van der Waals surface area (Å²) in [4.78, 5) is 16.0. The zero-order valence-corrected chi connectivity index (χ0v) is 14.3. The first kappa shape index (κ1) is 17.3. The molecule has 0 aliphatic rings. The van der Waals surface area contributed by atoms with Gasteiger partial charge in [0.2, 0.25) is 0 Å². The standard InChI is InChI=1S/C19H19N5O2/c1-26-16-7-3-2-5-14(16)10-12-21-17-8-9-18(24-23-17)22-19(25)15-6-4-11-20-13-15/h2-9,11,13H,10,12H2,1H3,(H,21,23)(H,22,24,25). The van der Waals surface area contributed by atoms with Crippen molar-refractivity contribution in [3.63, 3.8) is 0 Å². The highest BCUT2D eigenvalue weighted by Crippen LogP contribution is 2.17. The maximum absolute atomic E-state index is 12.0. The summed E-state index contributed by atoms with van der Waals surface area (Å²) < 4.78 is 5.34. The van der Waals surface area contributed by atoms with E-state index in [9.17, 15) is 4.79 Å². The Hall–Kier alpha value is -3.48. The van der Waals surface area contributed by atoms with E-state index < -0.39 is 0 Å². The summed E-state index contributed by atoms with van der Waals surface area (Å²) >= 11 is 0. The molecule has 0 radical (unpaired) electrons. The van der Waals surface area contributed by atoms with Crippen LogP contribution in [0.15, 0.2) is 60.9 Å². The Balaban J connectivity index is 1.52. The van der Waals surface area contributed by atoms with Crippen LogP contribution in [0, 0.1) is 0 Å². The molecule has 0 spiro atoms. The number of carbonyl (C=O) groups is 1. The molecule has 0 aliphatic heterocycles. The highest BCUT2D eigenvalue weighted by Gasteiger charge is 2.07. The Labute approximate surface area is 151 Å². The van der Waals surface area contributed by atoms with Crippen molar-refractivity contribution >= 4 is 17.5 Å². The lowest BCUT2D eigenvalue weighted by Gasteiger charge is -2.09. The van der Waals surface area contributed by atoms with Gasteiger partial charge >= 0.3 is 0 Å². The Morgan fingerprint density at radius 2 is 1.85 bits per heavy atom. The van der Waals surface area contributed by atoms with Crippen LogP contribution in [0.4, 0.5) is 11.6 Å². The molecule has 1 amide bonds. The lowest BCUT2D eigenvalue weighted by Crippen LogP contribution is -2.14. The molecule has 0 atom stereocenters. The number of pyridine rings is 1. The van der Waals surface area contributed by atoms with Crippen molar-refractivity contribution in [1.82, 2.24) is 15.2 Å². The van der Waals surface area contributed by atoms with Gasteiger partial charge in [-0.2, -0.15) is 0 Å². The van der Waals surface area contributed by atoms with E-state index in [-0.39, 0.29) is 5.91 Å². The molecule has 0 fully saturated rings. The van der Waals surface area contributed by atoms with Gasteiger partial charge in [0.15, 0.2) is 5.82 Å². The minimum atomic E-state index is -0.274. The van der Waals surface area contributed by atoms with Gasteiger partial charge in [-0.05, 0) is 42.3 Å². The van der Waals surface area contributed by atoms with Gasteiger partial charge < -0.3 is 15.4 Å². The largest absolute Gasteiger partial charge is 0.496 e. The molecule has 2 heterocycles. The summed E-state index contributed by atoms with van der Waals surface area (Å²) in [5.74, 6) is 1.62.